The summed E-state index contributed by atoms with van der Waals surface area (Å²) in [5.41, 5.74) is -0.198. The first-order valence-electron chi connectivity index (χ1n) is 5.84. The van der Waals surface area contributed by atoms with Gasteiger partial charge in [0.2, 0.25) is 5.91 Å². The highest BCUT2D eigenvalue weighted by Gasteiger charge is 2.14. The first-order chi connectivity index (χ1) is 7.48. The molecule has 0 rings (SSSR count). The predicted molar refractivity (Wildman–Crippen MR) is 64.8 cm³/mol. The number of rotatable bonds is 8. The Morgan fingerprint density at radius 3 is 2.50 bits per heavy atom. The van der Waals surface area contributed by atoms with Crippen molar-refractivity contribution in [2.45, 2.75) is 40.0 Å². The minimum absolute atomic E-state index is 0.0116. The van der Waals surface area contributed by atoms with E-state index in [1.807, 2.05) is 13.8 Å². The van der Waals surface area contributed by atoms with Crippen molar-refractivity contribution in [2.24, 2.45) is 5.41 Å². The summed E-state index contributed by atoms with van der Waals surface area (Å²) in [4.78, 5) is 10.6. The van der Waals surface area contributed by atoms with Gasteiger partial charge >= 0.3 is 0 Å². The predicted octanol–water partition coefficient (Wildman–Crippen LogP) is 1.43. The third-order valence-corrected chi connectivity index (χ3v) is 2.38. The monoisotopic (exact) mass is 225 g/mol. The molecule has 1 amide bonds. The van der Waals surface area contributed by atoms with Gasteiger partial charge in [-0.2, -0.15) is 5.26 Å². The van der Waals surface area contributed by atoms with Crippen LogP contribution < -0.4 is 10.6 Å². The van der Waals surface area contributed by atoms with Crippen LogP contribution in [0.25, 0.3) is 0 Å². The molecule has 0 unspecified atom stereocenters. The fraction of sp³-hybridized carbons (Fsp3) is 0.833. The summed E-state index contributed by atoms with van der Waals surface area (Å²) in [5.74, 6) is 0.0116. The molecule has 0 aliphatic heterocycles. The van der Waals surface area contributed by atoms with E-state index >= 15 is 0 Å². The molecule has 16 heavy (non-hydrogen) atoms. The fourth-order valence-corrected chi connectivity index (χ4v) is 1.32. The van der Waals surface area contributed by atoms with Crippen molar-refractivity contribution in [3.63, 3.8) is 0 Å². The second-order valence-electron chi connectivity index (χ2n) is 4.69. The standard InChI is InChI=1S/C12H23N3O/c1-11(16)15-9-8-14-7-5-4-6-12(2,3)10-13/h14H,4-9H2,1-3H3,(H,15,16). The van der Waals surface area contributed by atoms with Crippen molar-refractivity contribution >= 4 is 5.91 Å². The van der Waals surface area contributed by atoms with Crippen LogP contribution in [-0.2, 0) is 4.79 Å². The number of amides is 1. The van der Waals surface area contributed by atoms with E-state index < -0.39 is 0 Å². The molecule has 0 aromatic rings. The Kier molecular flexibility index (Phi) is 7.57. The molecule has 0 fully saturated rings. The third-order valence-electron chi connectivity index (χ3n) is 2.38. The van der Waals surface area contributed by atoms with Gasteiger partial charge in [-0.05, 0) is 33.2 Å². The van der Waals surface area contributed by atoms with Crippen molar-refractivity contribution in [2.75, 3.05) is 19.6 Å². The number of nitrogens with one attached hydrogen (secondary N) is 2. The number of unbranched alkanes of at least 4 members (excludes halogenated alkanes) is 1. The van der Waals surface area contributed by atoms with Gasteiger partial charge in [0.15, 0.2) is 0 Å². The van der Waals surface area contributed by atoms with E-state index in [1.165, 1.54) is 6.92 Å². The highest BCUT2D eigenvalue weighted by Crippen LogP contribution is 2.21. The molecule has 0 aliphatic carbocycles. The maximum Gasteiger partial charge on any atom is 0.216 e. The Morgan fingerprint density at radius 1 is 1.25 bits per heavy atom. The lowest BCUT2D eigenvalue weighted by Crippen LogP contribution is -2.30. The van der Waals surface area contributed by atoms with Crippen LogP contribution in [0, 0.1) is 16.7 Å². The molecule has 4 heteroatoms. The van der Waals surface area contributed by atoms with Crippen LogP contribution in [0.4, 0.5) is 0 Å². The van der Waals surface area contributed by atoms with E-state index in [1.54, 1.807) is 0 Å². The van der Waals surface area contributed by atoms with Gasteiger partial charge in [-0.1, -0.05) is 6.42 Å². The fourth-order valence-electron chi connectivity index (χ4n) is 1.32. The number of nitriles is 1. The Hall–Kier alpha value is -1.08. The minimum atomic E-state index is -0.198. The van der Waals surface area contributed by atoms with Crippen molar-refractivity contribution < 1.29 is 4.79 Å². The Labute approximate surface area is 98.4 Å². The molecule has 0 bridgehead atoms. The van der Waals surface area contributed by atoms with Gasteiger partial charge in [0.25, 0.3) is 0 Å². The topological polar surface area (TPSA) is 64.9 Å². The average Bonchev–Trinajstić information content (AvgIpc) is 2.21. The molecule has 0 saturated heterocycles. The van der Waals surface area contributed by atoms with E-state index in [-0.39, 0.29) is 11.3 Å². The maximum absolute atomic E-state index is 10.6. The average molecular weight is 225 g/mol. The molecule has 0 heterocycles. The molecule has 0 aromatic heterocycles. The lowest BCUT2D eigenvalue weighted by atomic mass is 9.89. The van der Waals surface area contributed by atoms with E-state index in [9.17, 15) is 4.79 Å². The molecule has 92 valence electrons. The quantitative estimate of drug-likeness (QED) is 0.614. The molecule has 0 radical (unpaired) electrons. The molecule has 0 saturated carbocycles. The third kappa shape index (κ3) is 9.47. The van der Waals surface area contributed by atoms with Crippen molar-refractivity contribution in [1.29, 1.82) is 5.26 Å². The van der Waals surface area contributed by atoms with Gasteiger partial charge < -0.3 is 10.6 Å². The summed E-state index contributed by atoms with van der Waals surface area (Å²) < 4.78 is 0. The summed E-state index contributed by atoms with van der Waals surface area (Å²) in [7, 11) is 0. The van der Waals surface area contributed by atoms with Gasteiger partial charge in [-0.3, -0.25) is 4.79 Å². The highest BCUT2D eigenvalue weighted by molar-refractivity contribution is 5.72. The van der Waals surface area contributed by atoms with Crippen LogP contribution in [0.15, 0.2) is 0 Å². The van der Waals surface area contributed by atoms with Gasteiger partial charge in [0.05, 0.1) is 11.5 Å². The normalized spacial score (nSPS) is 10.9. The molecular formula is C12H23N3O. The molecular weight excluding hydrogens is 202 g/mol. The molecule has 0 aromatic carbocycles. The molecule has 4 nitrogen and oxygen atoms in total. The smallest absolute Gasteiger partial charge is 0.216 e. The first kappa shape index (κ1) is 14.9. The lowest BCUT2D eigenvalue weighted by Gasteiger charge is -2.14. The van der Waals surface area contributed by atoms with Crippen LogP contribution in [-0.4, -0.2) is 25.5 Å². The zero-order valence-corrected chi connectivity index (χ0v) is 10.6. The number of carbonyl (C=O) groups excluding carboxylic acids is 1. The van der Waals surface area contributed by atoms with E-state index in [0.717, 1.165) is 32.4 Å². The van der Waals surface area contributed by atoms with Gasteiger partial charge in [0, 0.05) is 20.0 Å². The highest BCUT2D eigenvalue weighted by atomic mass is 16.1. The lowest BCUT2D eigenvalue weighted by molar-refractivity contribution is -0.118. The Morgan fingerprint density at radius 2 is 1.94 bits per heavy atom. The number of carbonyl (C=O) groups is 1. The molecule has 0 spiro atoms. The molecule has 2 N–H and O–H groups in total. The van der Waals surface area contributed by atoms with Gasteiger partial charge in [0.1, 0.15) is 0 Å². The van der Waals surface area contributed by atoms with Gasteiger partial charge in [-0.15, -0.1) is 0 Å². The van der Waals surface area contributed by atoms with Crippen LogP contribution >= 0.6 is 0 Å². The van der Waals surface area contributed by atoms with Crippen LogP contribution in [0.2, 0.25) is 0 Å². The summed E-state index contributed by atoms with van der Waals surface area (Å²) in [6.45, 7) is 7.89. The number of hydrogen-bond acceptors (Lipinski definition) is 3. The maximum atomic E-state index is 10.6. The van der Waals surface area contributed by atoms with Crippen molar-refractivity contribution in [3.8, 4) is 6.07 Å². The van der Waals surface area contributed by atoms with E-state index in [0.29, 0.717) is 6.54 Å². The summed E-state index contributed by atoms with van der Waals surface area (Å²) >= 11 is 0. The summed E-state index contributed by atoms with van der Waals surface area (Å²) in [6, 6.07) is 2.30. The van der Waals surface area contributed by atoms with E-state index in [2.05, 4.69) is 16.7 Å². The zero-order chi connectivity index (χ0) is 12.4. The molecule has 0 aliphatic rings. The summed E-state index contributed by atoms with van der Waals surface area (Å²) in [5, 5.41) is 14.8. The van der Waals surface area contributed by atoms with Crippen LogP contribution in [0.5, 0.6) is 0 Å². The Balaban J connectivity index is 3.23. The van der Waals surface area contributed by atoms with Crippen molar-refractivity contribution in [1.82, 2.24) is 10.6 Å². The summed E-state index contributed by atoms with van der Waals surface area (Å²) in [6.07, 6.45) is 3.08. The van der Waals surface area contributed by atoms with Crippen LogP contribution in [0.1, 0.15) is 40.0 Å². The van der Waals surface area contributed by atoms with Gasteiger partial charge in [-0.25, -0.2) is 0 Å². The zero-order valence-electron chi connectivity index (χ0n) is 10.6. The largest absolute Gasteiger partial charge is 0.355 e. The van der Waals surface area contributed by atoms with Crippen LogP contribution in [0.3, 0.4) is 0 Å². The minimum Gasteiger partial charge on any atom is -0.355 e. The second-order valence-corrected chi connectivity index (χ2v) is 4.69. The molecule has 0 atom stereocenters. The SMILES string of the molecule is CC(=O)NCCNCCCCC(C)(C)C#N. The second kappa shape index (κ2) is 8.12. The van der Waals surface area contributed by atoms with Crippen molar-refractivity contribution in [3.05, 3.63) is 0 Å². The Bertz CT molecular complexity index is 243. The van der Waals surface area contributed by atoms with E-state index in [4.69, 9.17) is 5.26 Å². The number of hydrogen-bond donors (Lipinski definition) is 2. The number of nitrogens with zero attached hydrogens (tertiary/aromatic N) is 1. The first-order valence-corrected chi connectivity index (χ1v) is 5.84.